The Balaban J connectivity index is 1.87. The van der Waals surface area contributed by atoms with Crippen molar-refractivity contribution in [3.63, 3.8) is 0 Å². The van der Waals surface area contributed by atoms with Crippen LogP contribution in [0.2, 0.25) is 0 Å². The van der Waals surface area contributed by atoms with Crippen LogP contribution in [0.25, 0.3) is 0 Å². The van der Waals surface area contributed by atoms with Crippen LogP contribution in [0.15, 0.2) is 42.6 Å². The zero-order valence-corrected chi connectivity index (χ0v) is 13.5. The maximum absolute atomic E-state index is 13.7. The molecule has 0 saturated carbocycles. The van der Waals surface area contributed by atoms with Gasteiger partial charge in [0.2, 0.25) is 5.91 Å². The van der Waals surface area contributed by atoms with Crippen molar-refractivity contribution in [3.8, 4) is 0 Å². The van der Waals surface area contributed by atoms with E-state index in [9.17, 15) is 9.18 Å². The van der Waals surface area contributed by atoms with Crippen LogP contribution >= 0.6 is 0 Å². The van der Waals surface area contributed by atoms with E-state index in [2.05, 4.69) is 10.3 Å². The predicted molar refractivity (Wildman–Crippen MR) is 89.1 cm³/mol. The number of pyridine rings is 1. The highest BCUT2D eigenvalue weighted by Crippen LogP contribution is 2.24. The van der Waals surface area contributed by atoms with E-state index >= 15 is 0 Å². The number of carbonyl (C=O) groups excluding carboxylic acids is 1. The number of nitrogens with one attached hydrogen (secondary N) is 1. The number of hydrogen-bond donors (Lipinski definition) is 1. The molecule has 6 heteroatoms. The molecule has 1 saturated heterocycles. The molecule has 3 rings (SSSR count). The lowest BCUT2D eigenvalue weighted by Gasteiger charge is -2.33. The van der Waals surface area contributed by atoms with Crippen LogP contribution in [0, 0.1) is 12.7 Å². The Morgan fingerprint density at radius 2 is 2.08 bits per heavy atom. The predicted octanol–water partition coefficient (Wildman–Crippen LogP) is 2.54. The van der Waals surface area contributed by atoms with Gasteiger partial charge in [0.1, 0.15) is 11.9 Å². The van der Waals surface area contributed by atoms with Crippen molar-refractivity contribution in [1.82, 2.24) is 9.88 Å². The summed E-state index contributed by atoms with van der Waals surface area (Å²) in [6.07, 6.45) is 1.65. The van der Waals surface area contributed by atoms with Gasteiger partial charge < -0.3 is 10.1 Å². The van der Waals surface area contributed by atoms with Crippen molar-refractivity contribution in [2.45, 2.75) is 13.0 Å². The van der Waals surface area contributed by atoms with Gasteiger partial charge in [-0.1, -0.05) is 12.1 Å². The fourth-order valence-corrected chi connectivity index (χ4v) is 2.87. The molecular formula is C18H20FN3O2. The highest BCUT2D eigenvalue weighted by Gasteiger charge is 2.29. The van der Waals surface area contributed by atoms with E-state index in [0.717, 1.165) is 5.69 Å². The number of ether oxygens (including phenoxy) is 1. The minimum absolute atomic E-state index is 0.187. The van der Waals surface area contributed by atoms with Gasteiger partial charge in [-0.2, -0.15) is 0 Å². The number of anilines is 1. The Bertz CT molecular complexity index is 717. The molecule has 1 aromatic carbocycles. The lowest BCUT2D eigenvalue weighted by atomic mass is 10.0. The second kappa shape index (κ2) is 7.51. The number of morpholine rings is 1. The maximum atomic E-state index is 13.7. The fourth-order valence-electron chi connectivity index (χ4n) is 2.87. The number of hydrogen-bond acceptors (Lipinski definition) is 4. The molecule has 0 bridgehead atoms. The summed E-state index contributed by atoms with van der Waals surface area (Å²) in [6, 6.07) is 9.19. The first-order valence-electron chi connectivity index (χ1n) is 7.94. The van der Waals surface area contributed by atoms with Crippen molar-refractivity contribution >= 4 is 11.6 Å². The van der Waals surface area contributed by atoms with E-state index in [-0.39, 0.29) is 11.7 Å². The average molecular weight is 329 g/mol. The summed E-state index contributed by atoms with van der Waals surface area (Å²) in [5, 5.41) is 2.91. The van der Waals surface area contributed by atoms with Gasteiger partial charge in [0.05, 0.1) is 13.2 Å². The van der Waals surface area contributed by atoms with Gasteiger partial charge in [0.15, 0.2) is 0 Å². The van der Waals surface area contributed by atoms with E-state index < -0.39 is 6.04 Å². The van der Waals surface area contributed by atoms with Crippen molar-refractivity contribution in [1.29, 1.82) is 0 Å². The molecule has 0 radical (unpaired) electrons. The second-order valence-electron chi connectivity index (χ2n) is 5.78. The quantitative estimate of drug-likeness (QED) is 0.936. The van der Waals surface area contributed by atoms with Gasteiger partial charge in [-0.15, -0.1) is 0 Å². The van der Waals surface area contributed by atoms with Crippen LogP contribution in [-0.4, -0.2) is 42.1 Å². The molecule has 1 amide bonds. The van der Waals surface area contributed by atoms with E-state index in [1.165, 1.54) is 12.1 Å². The zero-order valence-electron chi connectivity index (χ0n) is 13.5. The van der Waals surface area contributed by atoms with Crippen LogP contribution in [0.5, 0.6) is 0 Å². The number of halogens is 1. The minimum Gasteiger partial charge on any atom is -0.379 e. The molecule has 1 aromatic heterocycles. The Morgan fingerprint density at radius 3 is 2.79 bits per heavy atom. The summed E-state index contributed by atoms with van der Waals surface area (Å²) in [4.78, 5) is 19.0. The Kier molecular flexibility index (Phi) is 5.17. The Morgan fingerprint density at radius 1 is 1.29 bits per heavy atom. The maximum Gasteiger partial charge on any atom is 0.246 e. The summed E-state index contributed by atoms with van der Waals surface area (Å²) >= 11 is 0. The number of benzene rings is 1. The van der Waals surface area contributed by atoms with Crippen molar-refractivity contribution in [2.75, 3.05) is 31.6 Å². The molecule has 2 aromatic rings. The number of carbonyl (C=O) groups is 1. The topological polar surface area (TPSA) is 54.5 Å². The summed E-state index contributed by atoms with van der Waals surface area (Å²) in [5.74, 6) is -0.536. The second-order valence-corrected chi connectivity index (χ2v) is 5.78. The molecule has 1 fully saturated rings. The van der Waals surface area contributed by atoms with E-state index in [1.54, 1.807) is 30.5 Å². The summed E-state index contributed by atoms with van der Waals surface area (Å²) in [6.45, 7) is 4.25. The van der Waals surface area contributed by atoms with Gasteiger partial charge in [0, 0.05) is 30.7 Å². The van der Waals surface area contributed by atoms with Crippen LogP contribution in [-0.2, 0) is 9.53 Å². The standard InChI is InChI=1S/C18H20FN3O2/c1-13-11-16(5-6-20-13)21-18(23)17(22-7-9-24-10-8-22)14-3-2-4-15(19)12-14/h2-6,11-12,17H,7-10H2,1H3,(H,20,21,23). The van der Waals surface area contributed by atoms with E-state index in [1.807, 2.05) is 11.8 Å². The highest BCUT2D eigenvalue weighted by atomic mass is 19.1. The van der Waals surface area contributed by atoms with E-state index in [0.29, 0.717) is 37.6 Å². The highest BCUT2D eigenvalue weighted by molar-refractivity contribution is 5.95. The van der Waals surface area contributed by atoms with Crippen LogP contribution in [0.3, 0.4) is 0 Å². The normalized spacial score (nSPS) is 16.6. The third kappa shape index (κ3) is 3.96. The SMILES string of the molecule is Cc1cc(NC(=O)C(c2cccc(F)c2)N2CCOCC2)ccn1. The molecule has 5 nitrogen and oxygen atoms in total. The number of aryl methyl sites for hydroxylation is 1. The molecule has 2 heterocycles. The first kappa shape index (κ1) is 16.5. The Hall–Kier alpha value is -2.31. The molecule has 1 aliphatic heterocycles. The largest absolute Gasteiger partial charge is 0.379 e. The van der Waals surface area contributed by atoms with Crippen LogP contribution in [0.1, 0.15) is 17.3 Å². The Labute approximate surface area is 140 Å². The third-order valence-corrected chi connectivity index (χ3v) is 3.99. The van der Waals surface area contributed by atoms with Gasteiger partial charge in [-0.25, -0.2) is 4.39 Å². The summed E-state index contributed by atoms with van der Waals surface area (Å²) in [5.41, 5.74) is 2.14. The summed E-state index contributed by atoms with van der Waals surface area (Å²) in [7, 11) is 0. The monoisotopic (exact) mass is 329 g/mol. The number of aromatic nitrogens is 1. The molecule has 1 aliphatic rings. The first-order valence-corrected chi connectivity index (χ1v) is 7.94. The number of amides is 1. The lowest BCUT2D eigenvalue weighted by molar-refractivity contribution is -0.123. The van der Waals surface area contributed by atoms with Crippen LogP contribution < -0.4 is 5.32 Å². The average Bonchev–Trinajstić information content (AvgIpc) is 2.56. The first-order chi connectivity index (χ1) is 11.6. The number of rotatable bonds is 4. The summed E-state index contributed by atoms with van der Waals surface area (Å²) < 4.78 is 19.0. The van der Waals surface area contributed by atoms with E-state index in [4.69, 9.17) is 4.74 Å². The van der Waals surface area contributed by atoms with Crippen molar-refractivity contribution < 1.29 is 13.9 Å². The fraction of sp³-hybridized carbons (Fsp3) is 0.333. The number of nitrogens with zero attached hydrogens (tertiary/aromatic N) is 2. The van der Waals surface area contributed by atoms with Gasteiger partial charge in [-0.05, 0) is 36.8 Å². The zero-order chi connectivity index (χ0) is 16.9. The van der Waals surface area contributed by atoms with Gasteiger partial charge >= 0.3 is 0 Å². The minimum atomic E-state index is -0.557. The molecule has 126 valence electrons. The molecular weight excluding hydrogens is 309 g/mol. The molecule has 1 unspecified atom stereocenters. The molecule has 1 atom stereocenters. The van der Waals surface area contributed by atoms with Crippen LogP contribution in [0.4, 0.5) is 10.1 Å². The smallest absolute Gasteiger partial charge is 0.246 e. The third-order valence-electron chi connectivity index (χ3n) is 3.99. The van der Waals surface area contributed by atoms with Gasteiger partial charge in [0.25, 0.3) is 0 Å². The molecule has 0 spiro atoms. The lowest BCUT2D eigenvalue weighted by Crippen LogP contribution is -2.43. The molecule has 24 heavy (non-hydrogen) atoms. The molecule has 1 N–H and O–H groups in total. The van der Waals surface area contributed by atoms with Crippen molar-refractivity contribution in [3.05, 3.63) is 59.7 Å². The molecule has 0 aliphatic carbocycles. The van der Waals surface area contributed by atoms with Crippen molar-refractivity contribution in [2.24, 2.45) is 0 Å². The van der Waals surface area contributed by atoms with Gasteiger partial charge in [-0.3, -0.25) is 14.7 Å².